The maximum Gasteiger partial charge on any atom is 0.453 e. The number of amidine groups is 1. The van der Waals surface area contributed by atoms with Gasteiger partial charge in [-0.2, -0.15) is 22.0 Å². The Balaban J connectivity index is 1.52. The lowest BCUT2D eigenvalue weighted by atomic mass is 9.81. The van der Waals surface area contributed by atoms with E-state index in [9.17, 15) is 31.5 Å². The van der Waals surface area contributed by atoms with Gasteiger partial charge >= 0.3 is 12.1 Å². The van der Waals surface area contributed by atoms with Gasteiger partial charge in [0.05, 0.1) is 28.2 Å². The summed E-state index contributed by atoms with van der Waals surface area (Å²) in [5.74, 6) is -5.65. The lowest BCUT2D eigenvalue weighted by Crippen LogP contribution is -2.41. The molecule has 1 amide bonds. The van der Waals surface area contributed by atoms with Crippen LogP contribution in [0.5, 0.6) is 0 Å². The predicted octanol–water partition coefficient (Wildman–Crippen LogP) is 2.98. The number of carbonyl (C=O) groups excluding carboxylic acids is 1. The number of hydrazine groups is 1. The van der Waals surface area contributed by atoms with Crippen molar-refractivity contribution >= 4 is 40.6 Å². The molecule has 3 N–H and O–H groups in total. The van der Waals surface area contributed by atoms with Crippen LogP contribution in [0, 0.1) is 0 Å². The third kappa shape index (κ3) is 4.07. The van der Waals surface area contributed by atoms with E-state index in [2.05, 4.69) is 35.7 Å². The topological polar surface area (TPSA) is 128 Å². The fourth-order valence-electron chi connectivity index (χ4n) is 4.13. The highest BCUT2D eigenvalue weighted by molar-refractivity contribution is 6.43. The number of nitrogens with one attached hydrogen (secondary N) is 3. The molecule has 0 aromatic carbocycles. The van der Waals surface area contributed by atoms with Crippen LogP contribution >= 0.6 is 11.6 Å². The van der Waals surface area contributed by atoms with Gasteiger partial charge in [0.1, 0.15) is 23.6 Å². The number of H-pyrrole nitrogens is 1. The van der Waals surface area contributed by atoms with Gasteiger partial charge in [-0.25, -0.2) is 20.4 Å². The van der Waals surface area contributed by atoms with E-state index in [0.717, 1.165) is 0 Å². The fraction of sp³-hybridized carbons (Fsp3) is 0.333. The number of aliphatic imine (C=N–C) groups is 2. The van der Waals surface area contributed by atoms with Gasteiger partial charge in [-0.1, -0.05) is 11.6 Å². The predicted molar refractivity (Wildman–Crippen MR) is 122 cm³/mol. The molecule has 2 aromatic heterocycles. The number of nitrogens with zero attached hydrogens (tertiary/aromatic N) is 5. The summed E-state index contributed by atoms with van der Waals surface area (Å²) in [5, 5.41) is 4.16. The Kier molecular flexibility index (Phi) is 5.67. The molecule has 5 rings (SSSR count). The number of aromatic amines is 1. The number of hydrogen-bond acceptors (Lipinski definition) is 8. The van der Waals surface area contributed by atoms with Crippen molar-refractivity contribution in [1.82, 2.24) is 25.4 Å². The second-order valence-corrected chi connectivity index (χ2v) is 8.96. The Morgan fingerprint density at radius 3 is 2.62 bits per heavy atom. The second-order valence-electron chi connectivity index (χ2n) is 8.52. The highest BCUT2D eigenvalue weighted by atomic mass is 35.5. The van der Waals surface area contributed by atoms with Crippen molar-refractivity contribution in [3.63, 3.8) is 0 Å². The Labute approximate surface area is 209 Å². The second kappa shape index (κ2) is 8.41. The van der Waals surface area contributed by atoms with Crippen LogP contribution in [0.15, 0.2) is 39.3 Å². The van der Waals surface area contributed by atoms with Crippen molar-refractivity contribution in [2.45, 2.75) is 37.3 Å². The molecule has 0 saturated carbocycles. The van der Waals surface area contributed by atoms with Crippen molar-refractivity contribution in [1.29, 1.82) is 0 Å². The average Bonchev–Trinajstić information content (AvgIpc) is 3.40. The van der Waals surface area contributed by atoms with Crippen LogP contribution < -0.4 is 16.3 Å². The number of amides is 1. The molecule has 0 saturated heterocycles. The first-order valence-electron chi connectivity index (χ1n) is 10.7. The van der Waals surface area contributed by atoms with Gasteiger partial charge in [-0.3, -0.25) is 19.6 Å². The van der Waals surface area contributed by atoms with Gasteiger partial charge in [-0.15, -0.1) is 0 Å². The number of fused-ring (bicyclic) bond motifs is 2. The number of halogens is 6. The summed E-state index contributed by atoms with van der Waals surface area (Å²) in [4.78, 5) is 45.3. The van der Waals surface area contributed by atoms with E-state index in [-0.39, 0.29) is 46.8 Å². The van der Waals surface area contributed by atoms with Crippen molar-refractivity contribution in [2.75, 3.05) is 12.0 Å². The van der Waals surface area contributed by atoms with E-state index < -0.39 is 41.8 Å². The molecule has 1 unspecified atom stereocenters. The van der Waals surface area contributed by atoms with Crippen molar-refractivity contribution < 1.29 is 26.7 Å². The summed E-state index contributed by atoms with van der Waals surface area (Å²) in [6.45, 7) is 1.53. The van der Waals surface area contributed by atoms with E-state index in [0.29, 0.717) is 5.02 Å². The zero-order chi connectivity index (χ0) is 26.8. The minimum atomic E-state index is -5.72. The zero-order valence-corrected chi connectivity index (χ0v) is 19.5. The maximum atomic E-state index is 13.5. The molecule has 16 heteroatoms. The summed E-state index contributed by atoms with van der Waals surface area (Å²) < 4.78 is 65.1. The summed E-state index contributed by atoms with van der Waals surface area (Å²) in [6, 6.07) is 3.02. The standard InChI is InChI=1S/C21H16ClF5N8O2/c1-19(12-3-2-9(22)6-28-12)13-15(34-18(19)37)32-14(33-17(13)36)11-7-35-16(29-8-30-35)10(31-11)4-5-20(23,24)21(25,26)27/h2-3,6-7,30H,4-5,8H2,1H3,(H2,32,33,34,36,37). The van der Waals surface area contributed by atoms with Gasteiger partial charge in [0.2, 0.25) is 5.91 Å². The van der Waals surface area contributed by atoms with E-state index in [1.165, 1.54) is 36.5 Å². The molecular weight excluding hydrogens is 527 g/mol. The van der Waals surface area contributed by atoms with E-state index in [1.54, 1.807) is 0 Å². The summed E-state index contributed by atoms with van der Waals surface area (Å²) in [5.41, 5.74) is 0.618. The zero-order valence-electron chi connectivity index (χ0n) is 18.8. The van der Waals surface area contributed by atoms with Crippen LogP contribution in [-0.2, 0) is 10.2 Å². The number of rotatable bonds is 5. The first kappa shape index (κ1) is 25.0. The summed E-state index contributed by atoms with van der Waals surface area (Å²) >= 11 is 5.88. The SMILES string of the molecule is CC1(c2ccc(Cl)cn2)C(=O)Nc2nc(C3=CN4NCN=C4C(CCC(F)(F)C(F)(F)F)=N3)[nH]c(=O)c21. The van der Waals surface area contributed by atoms with Crippen LogP contribution in [-0.4, -0.2) is 56.2 Å². The molecule has 10 nitrogen and oxygen atoms in total. The number of carbonyl (C=O) groups is 1. The highest BCUT2D eigenvalue weighted by Crippen LogP contribution is 2.40. The molecule has 37 heavy (non-hydrogen) atoms. The third-order valence-electron chi connectivity index (χ3n) is 6.14. The van der Waals surface area contributed by atoms with E-state index >= 15 is 0 Å². The maximum absolute atomic E-state index is 13.5. The summed E-state index contributed by atoms with van der Waals surface area (Å²) in [6.07, 6.45) is -5.35. The van der Waals surface area contributed by atoms with Gasteiger partial charge in [0, 0.05) is 12.6 Å². The molecule has 0 fully saturated rings. The van der Waals surface area contributed by atoms with Crippen LogP contribution in [0.3, 0.4) is 0 Å². The molecule has 194 valence electrons. The van der Waals surface area contributed by atoms with Crippen molar-refractivity contribution in [2.24, 2.45) is 9.98 Å². The molecule has 1 atom stereocenters. The fourth-order valence-corrected chi connectivity index (χ4v) is 4.24. The molecule has 2 aromatic rings. The van der Waals surface area contributed by atoms with E-state index in [4.69, 9.17) is 11.6 Å². The van der Waals surface area contributed by atoms with Gasteiger partial charge < -0.3 is 10.3 Å². The monoisotopic (exact) mass is 542 g/mol. The highest BCUT2D eigenvalue weighted by Gasteiger charge is 2.57. The van der Waals surface area contributed by atoms with Crippen molar-refractivity contribution in [3.05, 3.63) is 57.0 Å². The molecule has 0 spiro atoms. The minimum Gasteiger partial charge on any atom is -0.309 e. The average molecular weight is 543 g/mol. The van der Waals surface area contributed by atoms with Crippen LogP contribution in [0.2, 0.25) is 5.02 Å². The Morgan fingerprint density at radius 1 is 1.19 bits per heavy atom. The molecule has 0 bridgehead atoms. The largest absolute Gasteiger partial charge is 0.453 e. The Bertz CT molecular complexity index is 1450. The number of hydrogen-bond donors (Lipinski definition) is 3. The van der Waals surface area contributed by atoms with Gasteiger partial charge in [-0.05, 0) is 25.5 Å². The number of alkyl halides is 5. The van der Waals surface area contributed by atoms with Crippen molar-refractivity contribution in [3.8, 4) is 0 Å². The third-order valence-corrected chi connectivity index (χ3v) is 6.36. The molecule has 0 aliphatic carbocycles. The van der Waals surface area contributed by atoms with Crippen LogP contribution in [0.25, 0.3) is 5.70 Å². The lowest BCUT2D eigenvalue weighted by molar-refractivity contribution is -0.283. The quantitative estimate of drug-likeness (QED) is 0.499. The number of pyridine rings is 1. The number of aromatic nitrogens is 3. The van der Waals surface area contributed by atoms with Gasteiger partial charge in [0.15, 0.2) is 11.7 Å². The molecule has 3 aliphatic rings. The summed E-state index contributed by atoms with van der Waals surface area (Å²) in [7, 11) is 0. The van der Waals surface area contributed by atoms with Crippen LogP contribution in [0.1, 0.15) is 36.8 Å². The number of anilines is 1. The first-order chi connectivity index (χ1) is 17.3. The van der Waals surface area contributed by atoms with E-state index in [1.807, 2.05) is 0 Å². The first-order valence-corrected chi connectivity index (χ1v) is 11.1. The molecular formula is C21H16ClF5N8O2. The smallest absolute Gasteiger partial charge is 0.309 e. The van der Waals surface area contributed by atoms with Gasteiger partial charge in [0.25, 0.3) is 5.56 Å². The normalized spacial score (nSPS) is 21.2. The lowest BCUT2D eigenvalue weighted by Gasteiger charge is -2.24. The molecule has 0 radical (unpaired) electrons. The minimum absolute atomic E-state index is 0.0111. The Hall–Kier alpha value is -3.72. The molecule has 3 aliphatic heterocycles. The molecule has 5 heterocycles. The Morgan fingerprint density at radius 2 is 1.95 bits per heavy atom. The van der Waals surface area contributed by atoms with Crippen LogP contribution in [0.4, 0.5) is 27.8 Å².